The van der Waals surface area contributed by atoms with Gasteiger partial charge in [-0.1, -0.05) is 0 Å². The minimum atomic E-state index is 0. The maximum atomic E-state index is 3.12. The lowest BCUT2D eigenvalue weighted by molar-refractivity contribution is 0.0264. The molecule has 12 heavy (non-hydrogen) atoms. The van der Waals surface area contributed by atoms with E-state index in [2.05, 4.69) is 9.24 Å². The van der Waals surface area contributed by atoms with Gasteiger partial charge in [-0.15, -0.1) is 21.6 Å². The smallest absolute Gasteiger partial charge is 0.0207 e. The summed E-state index contributed by atoms with van der Waals surface area (Å²) < 4.78 is 0. The lowest BCUT2D eigenvalue weighted by Crippen LogP contribution is -2.45. The lowest BCUT2D eigenvalue weighted by atomic mass is 9.56. The van der Waals surface area contributed by atoms with E-state index in [-0.39, 0.29) is 12.4 Å². The average Bonchev–Trinajstić information content (AvgIpc) is 1.98. The van der Waals surface area contributed by atoms with Crippen LogP contribution in [0.1, 0.15) is 32.1 Å². The molecule has 1 atom stereocenters. The molecule has 70 valence electrons. The highest BCUT2D eigenvalue weighted by atomic mass is 35.5. The molecule has 0 aliphatic heterocycles. The zero-order chi connectivity index (χ0) is 7.42. The Bertz CT molecular complexity index is 153. The Morgan fingerprint density at radius 2 is 1.17 bits per heavy atom. The van der Waals surface area contributed by atoms with E-state index in [1.165, 1.54) is 0 Å². The van der Waals surface area contributed by atoms with Crippen LogP contribution in [0.2, 0.25) is 0 Å². The molecular formula is C10H18ClP. The molecule has 4 aliphatic carbocycles. The van der Waals surface area contributed by atoms with Gasteiger partial charge in [0.15, 0.2) is 0 Å². The Labute approximate surface area is 83.5 Å². The van der Waals surface area contributed by atoms with E-state index in [0.717, 1.165) is 29.3 Å². The van der Waals surface area contributed by atoms with Gasteiger partial charge in [0.2, 0.25) is 0 Å². The third-order valence-corrected chi connectivity index (χ3v) is 5.39. The molecule has 0 aromatic heterocycles. The molecule has 0 aromatic rings. The van der Waals surface area contributed by atoms with Gasteiger partial charge < -0.3 is 0 Å². The molecule has 4 saturated carbocycles. The van der Waals surface area contributed by atoms with Crippen molar-refractivity contribution in [3.8, 4) is 0 Å². The van der Waals surface area contributed by atoms with Crippen LogP contribution in [-0.2, 0) is 0 Å². The van der Waals surface area contributed by atoms with Crippen molar-refractivity contribution in [2.75, 3.05) is 0 Å². The van der Waals surface area contributed by atoms with Crippen LogP contribution in [0.4, 0.5) is 0 Å². The largest absolute Gasteiger partial charge is 0.147 e. The molecule has 0 aromatic carbocycles. The molecule has 0 N–H and O–H groups in total. The maximum Gasteiger partial charge on any atom is -0.0207 e. The predicted molar refractivity (Wildman–Crippen MR) is 57.8 cm³/mol. The normalized spacial score (nSPS) is 55.2. The first-order valence-corrected chi connectivity index (χ1v) is 5.75. The van der Waals surface area contributed by atoms with Crippen molar-refractivity contribution in [1.29, 1.82) is 0 Å². The Morgan fingerprint density at radius 3 is 1.58 bits per heavy atom. The third kappa shape index (κ3) is 1.23. The van der Waals surface area contributed by atoms with Gasteiger partial charge in [-0.2, -0.15) is 0 Å². The van der Waals surface area contributed by atoms with Gasteiger partial charge >= 0.3 is 0 Å². The van der Waals surface area contributed by atoms with E-state index < -0.39 is 0 Å². The number of halogens is 1. The Hall–Kier alpha value is 0.720. The summed E-state index contributed by atoms with van der Waals surface area (Å²) in [6.07, 6.45) is 7.87. The molecule has 4 aliphatic rings. The minimum Gasteiger partial charge on any atom is -0.147 e. The van der Waals surface area contributed by atoms with Crippen LogP contribution in [-0.4, -0.2) is 5.66 Å². The van der Waals surface area contributed by atoms with E-state index >= 15 is 0 Å². The Kier molecular flexibility index (Phi) is 2.43. The van der Waals surface area contributed by atoms with Crippen molar-refractivity contribution in [2.45, 2.75) is 37.8 Å². The molecule has 0 saturated heterocycles. The molecule has 4 bridgehead atoms. The molecule has 0 nitrogen and oxygen atoms in total. The summed E-state index contributed by atoms with van der Waals surface area (Å²) in [5.74, 6) is 4.51. The SMILES string of the molecule is Cl.PC1C2CC3CC(C2)CC1C3. The Balaban J connectivity index is 0.000000563. The van der Waals surface area contributed by atoms with Crippen LogP contribution in [0.3, 0.4) is 0 Å². The van der Waals surface area contributed by atoms with E-state index in [1.807, 2.05) is 0 Å². The summed E-state index contributed by atoms with van der Waals surface area (Å²) in [5.41, 5.74) is 1.00. The summed E-state index contributed by atoms with van der Waals surface area (Å²) >= 11 is 0. The van der Waals surface area contributed by atoms with Crippen molar-refractivity contribution in [3.63, 3.8) is 0 Å². The Morgan fingerprint density at radius 1 is 0.750 bits per heavy atom. The zero-order valence-corrected chi connectivity index (χ0v) is 9.38. The van der Waals surface area contributed by atoms with Gasteiger partial charge in [0.05, 0.1) is 0 Å². The first kappa shape index (κ1) is 9.28. The predicted octanol–water partition coefficient (Wildman–Crippen LogP) is 3.11. The highest BCUT2D eigenvalue weighted by Crippen LogP contribution is 2.55. The molecule has 0 amide bonds. The summed E-state index contributed by atoms with van der Waals surface area (Å²) in [6, 6.07) is 0. The average molecular weight is 205 g/mol. The molecule has 2 heteroatoms. The summed E-state index contributed by atoms with van der Waals surface area (Å²) in [6.45, 7) is 0. The molecular weight excluding hydrogens is 187 g/mol. The summed E-state index contributed by atoms with van der Waals surface area (Å²) in [7, 11) is 3.12. The fourth-order valence-corrected chi connectivity index (χ4v) is 4.60. The van der Waals surface area contributed by atoms with Crippen LogP contribution in [0.5, 0.6) is 0 Å². The second kappa shape index (κ2) is 3.14. The van der Waals surface area contributed by atoms with Gasteiger partial charge in [-0.05, 0) is 61.4 Å². The van der Waals surface area contributed by atoms with E-state index in [9.17, 15) is 0 Å². The quantitative estimate of drug-likeness (QED) is 0.532. The molecule has 0 spiro atoms. The standard InChI is InChI=1S/C10H17P.ClH/c11-10-8-2-6-1-7(4-8)5-9(10)3-6;/h6-10H,1-5,11H2;1H. The van der Waals surface area contributed by atoms with Crippen LogP contribution >= 0.6 is 21.6 Å². The van der Waals surface area contributed by atoms with Gasteiger partial charge in [0.25, 0.3) is 0 Å². The maximum absolute atomic E-state index is 3.12. The van der Waals surface area contributed by atoms with E-state index in [0.29, 0.717) is 0 Å². The van der Waals surface area contributed by atoms with Crippen molar-refractivity contribution in [3.05, 3.63) is 0 Å². The van der Waals surface area contributed by atoms with Crippen molar-refractivity contribution in [1.82, 2.24) is 0 Å². The highest BCUT2D eigenvalue weighted by molar-refractivity contribution is 7.17. The van der Waals surface area contributed by atoms with Crippen LogP contribution < -0.4 is 0 Å². The van der Waals surface area contributed by atoms with Gasteiger partial charge in [0, 0.05) is 0 Å². The topological polar surface area (TPSA) is 0 Å². The lowest BCUT2D eigenvalue weighted by Gasteiger charge is -2.53. The van der Waals surface area contributed by atoms with Crippen molar-refractivity contribution in [2.24, 2.45) is 23.7 Å². The van der Waals surface area contributed by atoms with E-state index in [1.54, 1.807) is 32.1 Å². The van der Waals surface area contributed by atoms with Crippen molar-refractivity contribution >= 4 is 21.6 Å². The summed E-state index contributed by atoms with van der Waals surface area (Å²) in [5, 5.41) is 0. The molecule has 1 unspecified atom stereocenters. The zero-order valence-electron chi connectivity index (χ0n) is 7.41. The molecule has 0 heterocycles. The fraction of sp³-hybridized carbons (Fsp3) is 1.00. The number of rotatable bonds is 0. The third-order valence-electron chi connectivity index (χ3n) is 4.30. The molecule has 0 radical (unpaired) electrons. The van der Waals surface area contributed by atoms with Gasteiger partial charge in [0.1, 0.15) is 0 Å². The highest BCUT2D eigenvalue weighted by Gasteiger charge is 2.46. The number of hydrogen-bond donors (Lipinski definition) is 0. The summed E-state index contributed by atoms with van der Waals surface area (Å²) in [4.78, 5) is 0. The number of hydrogen-bond acceptors (Lipinski definition) is 0. The second-order valence-electron chi connectivity index (χ2n) is 5.01. The fourth-order valence-electron chi connectivity index (χ4n) is 3.97. The van der Waals surface area contributed by atoms with Crippen LogP contribution in [0.25, 0.3) is 0 Å². The monoisotopic (exact) mass is 204 g/mol. The van der Waals surface area contributed by atoms with Gasteiger partial charge in [-0.25, -0.2) is 0 Å². The molecule has 4 fully saturated rings. The van der Waals surface area contributed by atoms with E-state index in [4.69, 9.17) is 0 Å². The first-order valence-electron chi connectivity index (χ1n) is 5.08. The van der Waals surface area contributed by atoms with Gasteiger partial charge in [-0.3, -0.25) is 0 Å². The van der Waals surface area contributed by atoms with Crippen LogP contribution in [0, 0.1) is 23.7 Å². The second-order valence-corrected chi connectivity index (χ2v) is 5.78. The van der Waals surface area contributed by atoms with Crippen LogP contribution in [0.15, 0.2) is 0 Å². The van der Waals surface area contributed by atoms with Crippen molar-refractivity contribution < 1.29 is 0 Å². The first-order chi connectivity index (χ1) is 5.33. The molecule has 4 rings (SSSR count). The minimum absolute atomic E-state index is 0.